The van der Waals surface area contributed by atoms with Crippen molar-refractivity contribution in [2.45, 2.75) is 76.9 Å². The lowest BCUT2D eigenvalue weighted by molar-refractivity contribution is -0.0482. The average molecular weight is 1400 g/mol. The Balaban J connectivity index is 0.000000154. The molecule has 12 rings (SSSR count). The number of fused-ring (bicyclic) bond motifs is 3. The van der Waals surface area contributed by atoms with Crippen LogP contribution in [0, 0.1) is 34.9 Å². The number of piperidine rings is 2. The van der Waals surface area contributed by atoms with Gasteiger partial charge in [0.05, 0.1) is 55.3 Å². The largest absolute Gasteiger partial charge is 0.393 e. The zero-order valence-electron chi connectivity index (χ0n) is 49.2. The number of aliphatic hydroxyl groups excluding tert-OH is 3. The first-order chi connectivity index (χ1) is 44.3. The molecular formula is C63H58Cl2F6N6O14S3. The average Bonchev–Trinajstić information content (AvgIpc) is 1.29. The normalized spacial score (nSPS) is 17.4. The first-order valence-electron chi connectivity index (χ1n) is 28.9. The molecule has 3 aliphatic heterocycles. The van der Waals surface area contributed by atoms with Crippen LogP contribution < -0.4 is 16.0 Å². The Morgan fingerprint density at radius 1 is 0.468 bits per heavy atom. The van der Waals surface area contributed by atoms with Crippen molar-refractivity contribution in [2.24, 2.45) is 0 Å². The number of benzene rings is 6. The highest BCUT2D eigenvalue weighted by molar-refractivity contribution is 7.89. The van der Waals surface area contributed by atoms with E-state index in [2.05, 4.69) is 16.0 Å². The lowest BCUT2D eigenvalue weighted by Gasteiger charge is -2.36. The summed E-state index contributed by atoms with van der Waals surface area (Å²) in [5.41, 5.74) is 1.13. The van der Waals surface area contributed by atoms with Gasteiger partial charge in [0.15, 0.2) is 29.1 Å². The van der Waals surface area contributed by atoms with Crippen LogP contribution in [0.1, 0.15) is 90.1 Å². The number of nitrogens with zero attached hydrogens (tertiary/aromatic N) is 3. The molecule has 0 bridgehead atoms. The van der Waals surface area contributed by atoms with Gasteiger partial charge in [0.1, 0.15) is 5.82 Å². The molecule has 3 heterocycles. The van der Waals surface area contributed by atoms with Crippen LogP contribution in [0.15, 0.2) is 112 Å². The van der Waals surface area contributed by atoms with E-state index in [1.807, 2.05) is 6.08 Å². The number of aliphatic hydroxyl groups is 5. The van der Waals surface area contributed by atoms with Crippen molar-refractivity contribution >= 4 is 106 Å². The highest BCUT2D eigenvalue weighted by Crippen LogP contribution is 2.37. The topological polar surface area (TPSA) is 301 Å². The Morgan fingerprint density at radius 2 is 0.809 bits per heavy atom. The van der Waals surface area contributed by atoms with Crippen molar-refractivity contribution < 1.29 is 91.5 Å². The highest BCUT2D eigenvalue weighted by atomic mass is 35.5. The van der Waals surface area contributed by atoms with E-state index in [9.17, 15) is 91.5 Å². The van der Waals surface area contributed by atoms with Gasteiger partial charge in [-0.3, -0.25) is 14.4 Å². The molecule has 0 aromatic heterocycles. The second kappa shape index (κ2) is 27.4. The van der Waals surface area contributed by atoms with Gasteiger partial charge in [0.2, 0.25) is 30.1 Å². The number of β-amino-alcohol motifs (C(OH)–C–C–N with tert-alkyl or cyclic N) is 1. The van der Waals surface area contributed by atoms with Crippen molar-refractivity contribution in [3.05, 3.63) is 192 Å². The van der Waals surface area contributed by atoms with Crippen molar-refractivity contribution in [3.63, 3.8) is 0 Å². The molecule has 0 atom stereocenters. The van der Waals surface area contributed by atoms with Crippen LogP contribution in [-0.2, 0) is 49.3 Å². The Labute approximate surface area is 545 Å². The first-order valence-corrected chi connectivity index (χ1v) is 33.9. The van der Waals surface area contributed by atoms with E-state index in [0.29, 0.717) is 64.8 Å². The summed E-state index contributed by atoms with van der Waals surface area (Å²) >= 11 is 11.4. The Kier molecular flexibility index (Phi) is 20.2. The van der Waals surface area contributed by atoms with Gasteiger partial charge in [-0.25, -0.2) is 51.6 Å². The molecule has 6 aliphatic rings. The number of amides is 3. The molecule has 20 nitrogen and oxygen atoms in total. The van der Waals surface area contributed by atoms with Gasteiger partial charge < -0.3 is 41.5 Å². The van der Waals surface area contributed by atoms with Crippen LogP contribution in [0.4, 0.5) is 43.4 Å². The molecule has 0 spiro atoms. The van der Waals surface area contributed by atoms with Crippen LogP contribution in [0.3, 0.4) is 0 Å². The SMILES string of the molecule is O=C(Nc1cc(F)c(F)c(Cl)c1)c1cc(S(=O)(=O)N2CC(O)C2)cc2c1C=CC2.O=C(Nc1cc(F)c(F)c(F)c1)c1cc(S(=O)(=O)N2CCC(O)(CO)CC2)cc2c1C=CC2.O=C(Nc1ccc(F)c(Cl)c1)c1cc(S(=O)(=O)N2CCC(O)(CO)CC2)cc2c1C=CC2. The van der Waals surface area contributed by atoms with Crippen LogP contribution in [0.25, 0.3) is 18.2 Å². The fourth-order valence-electron chi connectivity index (χ4n) is 11.2. The van der Waals surface area contributed by atoms with Crippen molar-refractivity contribution in [1.82, 2.24) is 12.9 Å². The number of anilines is 3. The number of halogens is 8. The van der Waals surface area contributed by atoms with E-state index in [0.717, 1.165) is 22.5 Å². The van der Waals surface area contributed by atoms with E-state index in [1.54, 1.807) is 36.4 Å². The molecule has 498 valence electrons. The molecule has 3 fully saturated rings. The Bertz CT molecular complexity index is 4480. The van der Waals surface area contributed by atoms with Gasteiger partial charge in [-0.05, 0) is 139 Å². The number of carbonyl (C=O) groups is 3. The van der Waals surface area contributed by atoms with Crippen LogP contribution >= 0.6 is 23.2 Å². The van der Waals surface area contributed by atoms with E-state index in [4.69, 9.17) is 23.2 Å². The highest BCUT2D eigenvalue weighted by Gasteiger charge is 2.40. The summed E-state index contributed by atoms with van der Waals surface area (Å²) in [5, 5.41) is 55.1. The summed E-state index contributed by atoms with van der Waals surface area (Å²) in [6.07, 6.45) is 11.5. The van der Waals surface area contributed by atoms with Crippen LogP contribution in [0.5, 0.6) is 0 Å². The quantitative estimate of drug-likeness (QED) is 0.0378. The van der Waals surface area contributed by atoms with Gasteiger partial charge in [-0.2, -0.15) is 12.9 Å². The number of nitrogens with one attached hydrogen (secondary N) is 3. The van der Waals surface area contributed by atoms with Gasteiger partial charge in [0, 0.05) is 91.2 Å². The van der Waals surface area contributed by atoms with E-state index in [1.165, 1.54) is 51.1 Å². The third-order valence-corrected chi connectivity index (χ3v) is 22.7. The van der Waals surface area contributed by atoms with E-state index in [-0.39, 0.29) is 118 Å². The van der Waals surface area contributed by atoms with Crippen molar-refractivity contribution in [2.75, 3.05) is 68.4 Å². The zero-order valence-corrected chi connectivity index (χ0v) is 53.1. The fourth-order valence-corrected chi connectivity index (χ4v) is 16.2. The fraction of sp³-hybridized carbons (Fsp3) is 0.286. The van der Waals surface area contributed by atoms with Gasteiger partial charge >= 0.3 is 0 Å². The number of allylic oxidation sites excluding steroid dienone is 3. The standard InChI is InChI=1S/C22H22ClFN2O5S.C22H21F3N2O5S.C19H15ClF2N2O4S/c23-19-11-15(4-5-20(19)24)25-21(28)18-12-16(10-14-2-1-3-17(14)18)32(30,31)26-8-6-22(29,13-27)7-9-26;23-18-9-14(10-19(24)20(18)25)26-21(29)17-11-15(8-13-2-1-3-16(13)17)33(31,32)27-6-4-22(30,12-28)5-7-27;20-16-5-11(6-17(21)18(16)22)23-19(26)15-7-13(4-10-2-1-3-14(10)15)29(27,28)24-8-12(25)9-24/h1,3-5,10-12,27,29H,2,6-9,13H2,(H,25,28);1,3,8-11,28,30H,2,4-7,12H2,(H,26,29);1,3-7,12,25H,2,8-9H2,(H,23,26). The zero-order chi connectivity index (χ0) is 68.0. The molecular weight excluding hydrogens is 1350 g/mol. The summed E-state index contributed by atoms with van der Waals surface area (Å²) in [6, 6.07) is 15.2. The predicted octanol–water partition coefficient (Wildman–Crippen LogP) is 8.05. The molecule has 31 heteroatoms. The monoisotopic (exact) mass is 1400 g/mol. The van der Waals surface area contributed by atoms with E-state index >= 15 is 0 Å². The lowest BCUT2D eigenvalue weighted by Crippen LogP contribution is -2.53. The predicted molar refractivity (Wildman–Crippen MR) is 335 cm³/mol. The van der Waals surface area contributed by atoms with Crippen LogP contribution in [-0.4, -0.2) is 151 Å². The van der Waals surface area contributed by atoms with Crippen molar-refractivity contribution in [1.29, 1.82) is 0 Å². The molecule has 3 saturated heterocycles. The maximum atomic E-state index is 13.6. The Hall–Kier alpha value is -7.36. The van der Waals surface area contributed by atoms with Gasteiger partial charge in [-0.15, -0.1) is 0 Å². The second-order valence-corrected chi connectivity index (χ2v) is 29.6. The molecule has 0 saturated carbocycles. The van der Waals surface area contributed by atoms with Gasteiger partial charge in [0.25, 0.3) is 17.7 Å². The number of hydrogen-bond acceptors (Lipinski definition) is 14. The molecule has 0 radical (unpaired) electrons. The maximum Gasteiger partial charge on any atom is 0.256 e. The van der Waals surface area contributed by atoms with Gasteiger partial charge in [-0.1, -0.05) is 59.7 Å². The smallest absolute Gasteiger partial charge is 0.256 e. The lowest BCUT2D eigenvalue weighted by atomic mass is 9.94. The number of hydrogen-bond donors (Lipinski definition) is 8. The molecule has 3 aliphatic carbocycles. The van der Waals surface area contributed by atoms with Crippen molar-refractivity contribution in [3.8, 4) is 0 Å². The molecule has 3 amide bonds. The first kappa shape index (κ1) is 69.5. The Morgan fingerprint density at radius 3 is 1.16 bits per heavy atom. The maximum absolute atomic E-state index is 13.6. The molecule has 8 N–H and O–H groups in total. The minimum absolute atomic E-state index is 0.00739. The molecule has 0 unspecified atom stereocenters. The number of carbonyl (C=O) groups excluding carboxylic acids is 3. The number of sulfonamides is 3. The van der Waals surface area contributed by atoms with E-state index < -0.39 is 118 Å². The summed E-state index contributed by atoms with van der Waals surface area (Å²) in [4.78, 5) is 38.5. The third kappa shape index (κ3) is 14.6. The second-order valence-electron chi connectivity index (χ2n) is 23.0. The third-order valence-electron chi connectivity index (χ3n) is 16.6. The van der Waals surface area contributed by atoms with Crippen LogP contribution in [0.2, 0.25) is 10.0 Å². The summed E-state index contributed by atoms with van der Waals surface area (Å²) in [5.74, 6) is -9.70. The summed E-state index contributed by atoms with van der Waals surface area (Å²) in [6.45, 7) is -0.814. The molecule has 6 aromatic carbocycles. The minimum Gasteiger partial charge on any atom is -0.393 e. The molecule has 6 aromatic rings. The molecule has 94 heavy (non-hydrogen) atoms. The number of rotatable bonds is 14. The summed E-state index contributed by atoms with van der Waals surface area (Å²) in [7, 11) is -11.8. The minimum atomic E-state index is -4.03. The summed E-state index contributed by atoms with van der Waals surface area (Å²) < 4.78 is 163.